The van der Waals surface area contributed by atoms with Crippen molar-refractivity contribution in [3.63, 3.8) is 0 Å². The average molecular weight is 409 g/mol. The Kier molecular flexibility index (Phi) is 5.08. The monoisotopic (exact) mass is 409 g/mol. The maximum Gasteiger partial charge on any atom is 0.251 e. The summed E-state index contributed by atoms with van der Waals surface area (Å²) in [5.74, 6) is 1.36. The van der Waals surface area contributed by atoms with Crippen LogP contribution in [0.1, 0.15) is 40.4 Å². The van der Waals surface area contributed by atoms with Gasteiger partial charge in [-0.1, -0.05) is 48.0 Å². The molecule has 1 N–H and O–H groups in total. The molecule has 5 rings (SSSR count). The molecule has 3 aromatic carbocycles. The Labute approximate surface area is 181 Å². The predicted octanol–water partition coefficient (Wildman–Crippen LogP) is 5.59. The van der Waals surface area contributed by atoms with E-state index in [0.29, 0.717) is 23.3 Å². The lowest BCUT2D eigenvalue weighted by molar-refractivity contribution is 0.0931. The van der Waals surface area contributed by atoms with Gasteiger partial charge >= 0.3 is 0 Å². The van der Waals surface area contributed by atoms with Gasteiger partial charge in [-0.15, -0.1) is 10.2 Å². The van der Waals surface area contributed by atoms with Gasteiger partial charge in [-0.2, -0.15) is 0 Å². The molecule has 1 heterocycles. The summed E-state index contributed by atoms with van der Waals surface area (Å²) in [5.41, 5.74) is 4.58. The quantitative estimate of drug-likeness (QED) is 0.450. The lowest BCUT2D eigenvalue weighted by atomic mass is 10.0. The summed E-state index contributed by atoms with van der Waals surface area (Å²) in [4.78, 5) is 12.9. The molecule has 1 unspecified atom stereocenters. The lowest BCUT2D eigenvalue weighted by Crippen LogP contribution is -2.29. The first-order chi connectivity index (χ1) is 15.2. The summed E-state index contributed by atoms with van der Waals surface area (Å²) in [6.45, 7) is 2.02. The van der Waals surface area contributed by atoms with Crippen LogP contribution in [0.25, 0.3) is 22.9 Å². The normalized spacial score (nSPS) is 14.2. The fourth-order valence-corrected chi connectivity index (χ4v) is 3.79. The van der Waals surface area contributed by atoms with E-state index in [9.17, 15) is 4.79 Å². The van der Waals surface area contributed by atoms with E-state index in [-0.39, 0.29) is 11.9 Å². The van der Waals surface area contributed by atoms with Gasteiger partial charge in [-0.05, 0) is 67.6 Å². The minimum absolute atomic E-state index is 0.0567. The molecule has 0 radical (unpaired) electrons. The van der Waals surface area contributed by atoms with Crippen LogP contribution in [0.3, 0.4) is 0 Å². The molecule has 31 heavy (non-hydrogen) atoms. The van der Waals surface area contributed by atoms with Crippen molar-refractivity contribution in [1.29, 1.82) is 0 Å². The first-order valence-corrected chi connectivity index (χ1v) is 10.5. The number of benzene rings is 3. The van der Waals surface area contributed by atoms with E-state index >= 15 is 0 Å². The van der Waals surface area contributed by atoms with E-state index in [1.54, 1.807) is 12.1 Å². The predicted molar refractivity (Wildman–Crippen MR) is 119 cm³/mol. The van der Waals surface area contributed by atoms with Crippen LogP contribution in [-0.4, -0.2) is 16.1 Å². The van der Waals surface area contributed by atoms with Gasteiger partial charge in [0, 0.05) is 16.7 Å². The number of nitrogens with one attached hydrogen (secondary N) is 1. The van der Waals surface area contributed by atoms with Crippen molar-refractivity contribution in [2.75, 3.05) is 0 Å². The number of nitrogens with zero attached hydrogens (tertiary/aromatic N) is 2. The molecule has 1 atom stereocenters. The third kappa shape index (κ3) is 4.26. The van der Waals surface area contributed by atoms with Crippen molar-refractivity contribution in [3.05, 3.63) is 95.6 Å². The average Bonchev–Trinajstić information content (AvgIpc) is 3.53. The van der Waals surface area contributed by atoms with Crippen LogP contribution in [0.4, 0.5) is 0 Å². The maximum atomic E-state index is 12.9. The highest BCUT2D eigenvalue weighted by Gasteiger charge is 2.33. The maximum absolute atomic E-state index is 12.9. The summed E-state index contributed by atoms with van der Waals surface area (Å²) in [6.07, 6.45) is 2.30. The van der Waals surface area contributed by atoms with E-state index < -0.39 is 0 Å². The molecule has 1 aromatic heterocycles. The van der Waals surface area contributed by atoms with Gasteiger partial charge in [0.25, 0.3) is 5.91 Å². The summed E-state index contributed by atoms with van der Waals surface area (Å²) >= 11 is 0. The fraction of sp³-hybridized carbons (Fsp3) is 0.192. The molecule has 154 valence electrons. The molecule has 0 aliphatic heterocycles. The van der Waals surface area contributed by atoms with Crippen LogP contribution < -0.4 is 5.32 Å². The Morgan fingerprint density at radius 3 is 2.29 bits per heavy atom. The molecule has 0 spiro atoms. The van der Waals surface area contributed by atoms with Crippen molar-refractivity contribution < 1.29 is 9.21 Å². The molecular weight excluding hydrogens is 386 g/mol. The van der Waals surface area contributed by atoms with Gasteiger partial charge in [0.05, 0.1) is 6.04 Å². The second kappa shape index (κ2) is 8.19. The SMILES string of the molecule is Cc1cccc(-c2nnc(-c3ccc(C(=O)NC(c4ccccc4)C4CC4)cc3)o2)c1. The van der Waals surface area contributed by atoms with Gasteiger partial charge in [0.1, 0.15) is 0 Å². The topological polar surface area (TPSA) is 68.0 Å². The molecule has 0 bridgehead atoms. The Bertz CT molecular complexity index is 1190. The molecule has 4 aromatic rings. The fourth-order valence-electron chi connectivity index (χ4n) is 3.79. The first kappa shape index (κ1) is 19.2. The summed E-state index contributed by atoms with van der Waals surface area (Å²) in [5, 5.41) is 11.5. The van der Waals surface area contributed by atoms with Crippen LogP contribution in [0.5, 0.6) is 0 Å². The van der Waals surface area contributed by atoms with Crippen molar-refractivity contribution in [2.45, 2.75) is 25.8 Å². The standard InChI is InChI=1S/C26H23N3O2/c1-17-6-5-9-22(16-17)26-29-28-25(31-26)21-14-12-20(13-15-21)24(30)27-23(19-10-11-19)18-7-3-2-4-8-18/h2-9,12-16,19,23H,10-11H2,1H3,(H,27,30). The first-order valence-electron chi connectivity index (χ1n) is 10.5. The minimum Gasteiger partial charge on any atom is -0.416 e. The number of hydrogen-bond donors (Lipinski definition) is 1. The highest BCUT2D eigenvalue weighted by atomic mass is 16.4. The van der Waals surface area contributed by atoms with Gasteiger partial charge in [-0.3, -0.25) is 4.79 Å². The summed E-state index contributed by atoms with van der Waals surface area (Å²) in [7, 11) is 0. The van der Waals surface area contributed by atoms with E-state index in [2.05, 4.69) is 27.6 Å². The van der Waals surface area contributed by atoms with Gasteiger partial charge in [0.2, 0.25) is 11.8 Å². The van der Waals surface area contributed by atoms with E-state index in [4.69, 9.17) is 4.42 Å². The Balaban J connectivity index is 1.31. The Morgan fingerprint density at radius 1 is 0.903 bits per heavy atom. The number of carbonyl (C=O) groups excluding carboxylic acids is 1. The number of aromatic nitrogens is 2. The summed E-state index contributed by atoms with van der Waals surface area (Å²) < 4.78 is 5.85. The van der Waals surface area contributed by atoms with Crippen LogP contribution in [0, 0.1) is 12.8 Å². The molecule has 0 saturated heterocycles. The minimum atomic E-state index is -0.0710. The lowest BCUT2D eigenvalue weighted by Gasteiger charge is -2.19. The number of amides is 1. The number of carbonyl (C=O) groups is 1. The van der Waals surface area contributed by atoms with Crippen molar-refractivity contribution in [3.8, 4) is 22.9 Å². The second-order valence-electron chi connectivity index (χ2n) is 8.06. The molecule has 5 nitrogen and oxygen atoms in total. The second-order valence-corrected chi connectivity index (χ2v) is 8.06. The van der Waals surface area contributed by atoms with Crippen molar-refractivity contribution >= 4 is 5.91 Å². The van der Waals surface area contributed by atoms with E-state index in [1.165, 1.54) is 0 Å². The molecule has 1 amide bonds. The third-order valence-corrected chi connectivity index (χ3v) is 5.62. The number of hydrogen-bond acceptors (Lipinski definition) is 4. The highest BCUT2D eigenvalue weighted by Crippen LogP contribution is 2.41. The van der Waals surface area contributed by atoms with Crippen LogP contribution in [-0.2, 0) is 0 Å². The third-order valence-electron chi connectivity index (χ3n) is 5.62. The van der Waals surface area contributed by atoms with Crippen LogP contribution >= 0.6 is 0 Å². The van der Waals surface area contributed by atoms with Gasteiger partial charge in [-0.25, -0.2) is 0 Å². The zero-order valence-electron chi connectivity index (χ0n) is 17.3. The zero-order valence-corrected chi connectivity index (χ0v) is 17.3. The van der Waals surface area contributed by atoms with E-state index in [1.807, 2.05) is 61.5 Å². The van der Waals surface area contributed by atoms with Crippen molar-refractivity contribution in [2.24, 2.45) is 5.92 Å². The number of rotatable bonds is 6. The molecule has 1 fully saturated rings. The molecular formula is C26H23N3O2. The van der Waals surface area contributed by atoms with Gasteiger partial charge in [0.15, 0.2) is 0 Å². The van der Waals surface area contributed by atoms with E-state index in [0.717, 1.165) is 35.1 Å². The van der Waals surface area contributed by atoms with Crippen molar-refractivity contribution in [1.82, 2.24) is 15.5 Å². The van der Waals surface area contributed by atoms with Crippen LogP contribution in [0.15, 0.2) is 83.3 Å². The van der Waals surface area contributed by atoms with Crippen LogP contribution in [0.2, 0.25) is 0 Å². The molecule has 1 saturated carbocycles. The van der Waals surface area contributed by atoms with Gasteiger partial charge < -0.3 is 9.73 Å². The molecule has 1 aliphatic rings. The zero-order chi connectivity index (χ0) is 21.2. The highest BCUT2D eigenvalue weighted by molar-refractivity contribution is 5.94. The smallest absolute Gasteiger partial charge is 0.251 e. The molecule has 1 aliphatic carbocycles. The number of aryl methyl sites for hydroxylation is 1. The largest absolute Gasteiger partial charge is 0.416 e. The summed E-state index contributed by atoms with van der Waals surface area (Å²) in [6, 6.07) is 25.5. The Hall–Kier alpha value is -3.73. The molecule has 5 heteroatoms. The Morgan fingerprint density at radius 2 is 1.61 bits per heavy atom.